The van der Waals surface area contributed by atoms with Crippen LogP contribution in [0.2, 0.25) is 0 Å². The minimum absolute atomic E-state index is 0.102. The molecule has 1 N–H and O–H groups in total. The molecule has 3 rings (SSSR count). The largest absolute Gasteiger partial charge is 0.323 e. The standard InChI is InChI=1S/C14H17N5O/c1-18-9-6-13(17-18)16-14(20)19-8-3-5-12(19)11-4-2-7-15-10-11/h2,4,6-7,9-10,12H,3,5,8H2,1H3,(H,16,17,20). The Hall–Kier alpha value is -2.37. The molecule has 0 spiro atoms. The van der Waals surface area contributed by atoms with Gasteiger partial charge in [0.1, 0.15) is 0 Å². The first-order chi connectivity index (χ1) is 9.74. The van der Waals surface area contributed by atoms with Crippen molar-refractivity contribution in [1.29, 1.82) is 0 Å². The first-order valence-electron chi connectivity index (χ1n) is 6.71. The smallest absolute Gasteiger partial charge is 0.317 e. The fourth-order valence-electron chi connectivity index (χ4n) is 2.59. The van der Waals surface area contributed by atoms with Crippen molar-refractivity contribution >= 4 is 11.8 Å². The Morgan fingerprint density at radius 1 is 1.45 bits per heavy atom. The van der Waals surface area contributed by atoms with E-state index >= 15 is 0 Å². The second-order valence-electron chi connectivity index (χ2n) is 4.94. The van der Waals surface area contributed by atoms with Crippen molar-refractivity contribution in [1.82, 2.24) is 19.7 Å². The number of pyridine rings is 1. The Balaban J connectivity index is 1.73. The van der Waals surface area contributed by atoms with Crippen molar-refractivity contribution in [3.8, 4) is 0 Å². The third kappa shape index (κ3) is 2.49. The van der Waals surface area contributed by atoms with Gasteiger partial charge >= 0.3 is 6.03 Å². The first kappa shape index (κ1) is 12.7. The maximum absolute atomic E-state index is 12.4. The molecule has 0 saturated carbocycles. The molecule has 2 aromatic rings. The van der Waals surface area contributed by atoms with Crippen LogP contribution in [0.5, 0.6) is 0 Å². The zero-order valence-corrected chi connectivity index (χ0v) is 11.4. The van der Waals surface area contributed by atoms with Crippen LogP contribution >= 0.6 is 0 Å². The summed E-state index contributed by atoms with van der Waals surface area (Å²) >= 11 is 0. The highest BCUT2D eigenvalue weighted by Gasteiger charge is 2.30. The highest BCUT2D eigenvalue weighted by Crippen LogP contribution is 2.31. The van der Waals surface area contributed by atoms with Crippen molar-refractivity contribution < 1.29 is 4.79 Å². The van der Waals surface area contributed by atoms with Crippen molar-refractivity contribution in [2.45, 2.75) is 18.9 Å². The van der Waals surface area contributed by atoms with Crippen molar-refractivity contribution in [3.63, 3.8) is 0 Å². The predicted octanol–water partition coefficient (Wildman–Crippen LogP) is 2.18. The zero-order valence-electron chi connectivity index (χ0n) is 11.4. The summed E-state index contributed by atoms with van der Waals surface area (Å²) in [6.45, 7) is 0.762. The molecule has 1 atom stereocenters. The third-order valence-corrected chi connectivity index (χ3v) is 3.53. The van der Waals surface area contributed by atoms with Crippen LogP contribution in [0.25, 0.3) is 0 Å². The number of urea groups is 1. The number of carbonyl (C=O) groups excluding carboxylic acids is 1. The van der Waals surface area contributed by atoms with Crippen molar-refractivity contribution in [2.75, 3.05) is 11.9 Å². The van der Waals surface area contributed by atoms with E-state index in [1.165, 1.54) is 0 Å². The van der Waals surface area contributed by atoms with Gasteiger partial charge in [-0.25, -0.2) is 4.79 Å². The van der Waals surface area contributed by atoms with Crippen LogP contribution in [-0.2, 0) is 7.05 Å². The van der Waals surface area contributed by atoms with Gasteiger partial charge in [-0.3, -0.25) is 15.0 Å². The summed E-state index contributed by atoms with van der Waals surface area (Å²) in [5.74, 6) is 0.578. The molecule has 1 saturated heterocycles. The first-order valence-corrected chi connectivity index (χ1v) is 6.71. The number of aromatic nitrogens is 3. The van der Waals surface area contributed by atoms with Gasteiger partial charge in [-0.15, -0.1) is 0 Å². The van der Waals surface area contributed by atoms with Gasteiger partial charge < -0.3 is 4.90 Å². The van der Waals surface area contributed by atoms with Crippen LogP contribution in [0.3, 0.4) is 0 Å². The normalized spacial score (nSPS) is 18.2. The van der Waals surface area contributed by atoms with Crippen LogP contribution in [-0.4, -0.2) is 32.2 Å². The van der Waals surface area contributed by atoms with E-state index in [0.29, 0.717) is 5.82 Å². The number of carbonyl (C=O) groups is 1. The second-order valence-corrected chi connectivity index (χ2v) is 4.94. The molecule has 20 heavy (non-hydrogen) atoms. The third-order valence-electron chi connectivity index (χ3n) is 3.53. The van der Waals surface area contributed by atoms with Gasteiger partial charge in [-0.05, 0) is 24.5 Å². The molecule has 1 unspecified atom stereocenters. The van der Waals surface area contributed by atoms with Crippen molar-refractivity contribution in [3.05, 3.63) is 42.4 Å². The number of nitrogens with zero attached hydrogens (tertiary/aromatic N) is 4. The van der Waals surface area contributed by atoms with Crippen LogP contribution in [0, 0.1) is 0 Å². The molecule has 1 aliphatic rings. The second kappa shape index (κ2) is 5.32. The molecular formula is C14H17N5O. The topological polar surface area (TPSA) is 63.1 Å². The zero-order chi connectivity index (χ0) is 13.9. The van der Waals surface area contributed by atoms with Gasteiger partial charge in [-0.1, -0.05) is 6.07 Å². The van der Waals surface area contributed by atoms with Gasteiger partial charge in [0.2, 0.25) is 0 Å². The Kier molecular flexibility index (Phi) is 3.37. The van der Waals surface area contributed by atoms with Crippen LogP contribution in [0.15, 0.2) is 36.8 Å². The summed E-state index contributed by atoms with van der Waals surface area (Å²) in [6.07, 6.45) is 7.36. The van der Waals surface area contributed by atoms with E-state index in [1.807, 2.05) is 30.3 Å². The number of hydrogen-bond acceptors (Lipinski definition) is 3. The predicted molar refractivity (Wildman–Crippen MR) is 75.1 cm³/mol. The molecule has 6 nitrogen and oxygen atoms in total. The van der Waals surface area contributed by atoms with Crippen molar-refractivity contribution in [2.24, 2.45) is 7.05 Å². The fourth-order valence-corrected chi connectivity index (χ4v) is 2.59. The number of nitrogens with one attached hydrogen (secondary N) is 1. The number of likely N-dealkylation sites (tertiary alicyclic amines) is 1. The lowest BCUT2D eigenvalue weighted by atomic mass is 10.1. The summed E-state index contributed by atoms with van der Waals surface area (Å²) in [5.41, 5.74) is 1.08. The summed E-state index contributed by atoms with van der Waals surface area (Å²) in [7, 11) is 1.82. The fraction of sp³-hybridized carbons (Fsp3) is 0.357. The summed E-state index contributed by atoms with van der Waals surface area (Å²) < 4.78 is 1.66. The monoisotopic (exact) mass is 271 g/mol. The number of aryl methyl sites for hydroxylation is 1. The van der Waals surface area contributed by atoms with E-state index in [0.717, 1.165) is 24.9 Å². The maximum Gasteiger partial charge on any atom is 0.323 e. The molecule has 0 radical (unpaired) electrons. The molecule has 2 aromatic heterocycles. The van der Waals surface area contributed by atoms with E-state index in [4.69, 9.17) is 0 Å². The van der Waals surface area contributed by atoms with Crippen LogP contribution in [0.1, 0.15) is 24.4 Å². The van der Waals surface area contributed by atoms with E-state index in [-0.39, 0.29) is 12.1 Å². The van der Waals surface area contributed by atoms with Crippen LogP contribution < -0.4 is 5.32 Å². The summed E-state index contributed by atoms with van der Waals surface area (Å²) in [4.78, 5) is 18.3. The van der Waals surface area contributed by atoms with Gasteiger partial charge in [0.25, 0.3) is 0 Å². The number of rotatable bonds is 2. The summed E-state index contributed by atoms with van der Waals surface area (Å²) in [5, 5.41) is 7.00. The van der Waals surface area contributed by atoms with Gasteiger partial charge in [0.15, 0.2) is 5.82 Å². The van der Waals surface area contributed by atoms with E-state index in [2.05, 4.69) is 15.4 Å². The van der Waals surface area contributed by atoms with E-state index < -0.39 is 0 Å². The van der Waals surface area contributed by atoms with Gasteiger partial charge in [0, 0.05) is 38.2 Å². The van der Waals surface area contributed by atoms with E-state index in [9.17, 15) is 4.79 Å². The Morgan fingerprint density at radius 2 is 2.35 bits per heavy atom. The minimum Gasteiger partial charge on any atom is -0.317 e. The number of hydrogen-bond donors (Lipinski definition) is 1. The molecule has 3 heterocycles. The Morgan fingerprint density at radius 3 is 3.05 bits per heavy atom. The lowest BCUT2D eigenvalue weighted by molar-refractivity contribution is 0.207. The molecular weight excluding hydrogens is 254 g/mol. The van der Waals surface area contributed by atoms with E-state index in [1.54, 1.807) is 23.1 Å². The molecule has 0 aliphatic carbocycles. The molecule has 2 amide bonds. The molecule has 6 heteroatoms. The molecule has 1 fully saturated rings. The Bertz CT molecular complexity index is 595. The minimum atomic E-state index is -0.102. The molecule has 0 bridgehead atoms. The molecule has 104 valence electrons. The molecule has 1 aliphatic heterocycles. The highest BCUT2D eigenvalue weighted by atomic mass is 16.2. The highest BCUT2D eigenvalue weighted by molar-refractivity contribution is 5.88. The average Bonchev–Trinajstić information content (AvgIpc) is 3.09. The van der Waals surface area contributed by atoms with Gasteiger partial charge in [0.05, 0.1) is 6.04 Å². The lowest BCUT2D eigenvalue weighted by Gasteiger charge is -2.24. The molecule has 0 aromatic carbocycles. The maximum atomic E-state index is 12.4. The number of anilines is 1. The van der Waals surface area contributed by atoms with Gasteiger partial charge in [-0.2, -0.15) is 5.10 Å². The Labute approximate surface area is 117 Å². The lowest BCUT2D eigenvalue weighted by Crippen LogP contribution is -2.34. The number of amides is 2. The quantitative estimate of drug-likeness (QED) is 0.910. The SMILES string of the molecule is Cn1ccc(NC(=O)N2CCCC2c2cccnc2)n1. The van der Waals surface area contributed by atoms with Crippen LogP contribution in [0.4, 0.5) is 10.6 Å². The average molecular weight is 271 g/mol. The summed E-state index contributed by atoms with van der Waals surface area (Å²) in [6, 6.07) is 5.71.